The third-order valence-electron chi connectivity index (χ3n) is 4.52. The molecule has 0 spiro atoms. The molecule has 0 saturated carbocycles. The van der Waals surface area contributed by atoms with E-state index >= 15 is 0 Å². The molecule has 0 nitrogen and oxygen atoms in total. The number of benzene rings is 1. The van der Waals surface area contributed by atoms with Crippen LogP contribution in [0, 0.1) is 5.92 Å². The lowest BCUT2D eigenvalue weighted by Gasteiger charge is -2.20. The first-order chi connectivity index (χ1) is 15.9. The lowest BCUT2D eigenvalue weighted by molar-refractivity contribution is 0.640. The summed E-state index contributed by atoms with van der Waals surface area (Å²) in [4.78, 5) is 0. The molecule has 2 heteroatoms. The van der Waals surface area contributed by atoms with Gasteiger partial charge in [-0.2, -0.15) is 12.6 Å². The molecule has 0 bridgehead atoms. The van der Waals surface area contributed by atoms with Gasteiger partial charge in [0.1, 0.15) is 0 Å². The molecular weight excluding hydrogens is 436 g/mol. The Balaban J connectivity index is -0.000000251. The zero-order valence-corrected chi connectivity index (χ0v) is 26.3. The largest absolute Gasteiger partial charge is 0.183 e. The second kappa shape index (κ2) is 29.4. The molecule has 1 aromatic rings. The van der Waals surface area contributed by atoms with Gasteiger partial charge in [0, 0.05) is 0 Å². The second-order valence-electron chi connectivity index (χ2n) is 8.12. The molecular formula is C31H60S2. The van der Waals surface area contributed by atoms with Crippen LogP contribution in [0.3, 0.4) is 0 Å². The summed E-state index contributed by atoms with van der Waals surface area (Å²) >= 11 is 5.48. The molecule has 0 saturated heterocycles. The number of thiol groups is 1. The molecule has 0 aliphatic heterocycles. The second-order valence-corrected chi connectivity index (χ2v) is 9.38. The van der Waals surface area contributed by atoms with Crippen molar-refractivity contribution < 1.29 is 0 Å². The van der Waals surface area contributed by atoms with Crippen molar-refractivity contribution in [2.24, 2.45) is 5.92 Å². The molecule has 0 aromatic heterocycles. The first-order valence-electron chi connectivity index (χ1n) is 13.3. The predicted octanol–water partition coefficient (Wildman–Crippen LogP) is 11.9. The van der Waals surface area contributed by atoms with E-state index in [1.165, 1.54) is 49.7 Å². The molecule has 0 fully saturated rings. The molecule has 196 valence electrons. The highest BCUT2D eigenvalue weighted by Gasteiger charge is 2.32. The maximum Gasteiger partial charge on any atom is 0.0568 e. The summed E-state index contributed by atoms with van der Waals surface area (Å²) in [6, 6.07) is 8.95. The van der Waals surface area contributed by atoms with E-state index in [9.17, 15) is 0 Å². The van der Waals surface area contributed by atoms with E-state index in [2.05, 4.69) is 97.3 Å². The molecule has 0 amide bonds. The Morgan fingerprint density at radius 1 is 0.939 bits per heavy atom. The minimum absolute atomic E-state index is 0.190. The quantitative estimate of drug-likeness (QED) is 0.212. The first-order valence-corrected chi connectivity index (χ1v) is 15.4. The van der Waals surface area contributed by atoms with Crippen LogP contribution in [0.5, 0.6) is 0 Å². The summed E-state index contributed by atoms with van der Waals surface area (Å²) in [5.41, 5.74) is 4.57. The average molecular weight is 497 g/mol. The van der Waals surface area contributed by atoms with Crippen molar-refractivity contribution in [3.63, 3.8) is 0 Å². The minimum Gasteiger partial charge on any atom is -0.183 e. The van der Waals surface area contributed by atoms with E-state index in [-0.39, 0.29) is 4.75 Å². The smallest absolute Gasteiger partial charge is 0.0568 e. The van der Waals surface area contributed by atoms with Crippen LogP contribution in [-0.2, 0) is 4.75 Å². The summed E-state index contributed by atoms with van der Waals surface area (Å²) in [7, 11) is 0. The normalized spacial score (nSPS) is 14.7. The maximum absolute atomic E-state index is 3.53. The number of hydrogen-bond acceptors (Lipinski definition) is 2. The zero-order chi connectivity index (χ0) is 26.7. The summed E-state index contributed by atoms with van der Waals surface area (Å²) in [6.07, 6.45) is 17.4. The number of fused-ring (bicyclic) bond motifs is 1. The molecule has 2 rings (SSSR count). The average Bonchev–Trinajstić information content (AvgIpc) is 3.15. The SMILES string of the molecule is C=CCC.CC.CC.CC(C)C.CCCCCCCC1=CC(C)(SC)c2ccccc21.CS. The molecule has 1 aliphatic carbocycles. The number of allylic oxidation sites excluding steroid dienone is 2. The van der Waals surface area contributed by atoms with Crippen molar-refractivity contribution in [3.05, 3.63) is 54.1 Å². The van der Waals surface area contributed by atoms with Crippen LogP contribution in [0.1, 0.15) is 125 Å². The highest BCUT2D eigenvalue weighted by Crippen LogP contribution is 2.47. The van der Waals surface area contributed by atoms with Gasteiger partial charge in [-0.3, -0.25) is 0 Å². The van der Waals surface area contributed by atoms with Crippen LogP contribution >= 0.6 is 24.4 Å². The highest BCUT2D eigenvalue weighted by molar-refractivity contribution is 7.99. The van der Waals surface area contributed by atoms with Gasteiger partial charge < -0.3 is 0 Å². The third kappa shape index (κ3) is 20.5. The fourth-order valence-corrected chi connectivity index (χ4v) is 3.64. The highest BCUT2D eigenvalue weighted by atomic mass is 32.2. The van der Waals surface area contributed by atoms with E-state index < -0.39 is 0 Å². The fraction of sp³-hybridized carbons (Fsp3) is 0.677. The Morgan fingerprint density at radius 2 is 1.39 bits per heavy atom. The molecule has 0 heterocycles. The predicted molar refractivity (Wildman–Crippen MR) is 167 cm³/mol. The molecule has 0 N–H and O–H groups in total. The Hall–Kier alpha value is -0.600. The zero-order valence-electron chi connectivity index (χ0n) is 24.6. The van der Waals surface area contributed by atoms with Gasteiger partial charge in [0.15, 0.2) is 0 Å². The van der Waals surface area contributed by atoms with Gasteiger partial charge in [0.2, 0.25) is 0 Å². The Morgan fingerprint density at radius 3 is 1.82 bits per heavy atom. The van der Waals surface area contributed by atoms with Gasteiger partial charge >= 0.3 is 0 Å². The lowest BCUT2D eigenvalue weighted by Crippen LogP contribution is -2.10. The number of unbranched alkanes of at least 4 members (excludes halogenated alkanes) is 4. The fourth-order valence-electron chi connectivity index (χ4n) is 2.98. The van der Waals surface area contributed by atoms with Crippen LogP contribution in [-0.4, -0.2) is 12.5 Å². The van der Waals surface area contributed by atoms with Crippen LogP contribution in [0.2, 0.25) is 0 Å². The lowest BCUT2D eigenvalue weighted by atomic mass is 9.99. The van der Waals surface area contributed by atoms with E-state index in [1.807, 2.05) is 45.5 Å². The summed E-state index contributed by atoms with van der Waals surface area (Å²) in [5, 5.41) is 0. The van der Waals surface area contributed by atoms with E-state index in [1.54, 1.807) is 11.8 Å². The van der Waals surface area contributed by atoms with Crippen molar-refractivity contribution in [1.82, 2.24) is 0 Å². The summed E-state index contributed by atoms with van der Waals surface area (Å²) in [5.74, 6) is 0.833. The minimum atomic E-state index is 0.190. The Labute approximate surface area is 220 Å². The van der Waals surface area contributed by atoms with Gasteiger partial charge in [-0.25, -0.2) is 0 Å². The van der Waals surface area contributed by atoms with E-state index in [4.69, 9.17) is 0 Å². The third-order valence-corrected chi connectivity index (χ3v) is 5.71. The molecule has 1 aromatic carbocycles. The Kier molecular flexibility index (Phi) is 35.3. The van der Waals surface area contributed by atoms with E-state index in [0.29, 0.717) is 0 Å². The first kappa shape index (κ1) is 39.6. The van der Waals surface area contributed by atoms with Crippen molar-refractivity contribution >= 4 is 30.0 Å². The molecule has 1 atom stereocenters. The van der Waals surface area contributed by atoms with Crippen molar-refractivity contribution in [1.29, 1.82) is 0 Å². The standard InChI is InChI=1S/C18H26S.C4H10.C4H8.2C2H6.CH4S/c1-4-5-6-7-8-11-15-14-18(2,19-3)17-13-10-9-12-16(15)17;1-4(2)3;1-3-4-2;3*1-2/h9-10,12-14H,4-8,11H2,1-3H3;4H,1-3H3;3H,1,4H2,2H3;2*1-2H3;2H,1H3. The number of rotatable bonds is 8. The Bertz CT molecular complexity index is 543. The van der Waals surface area contributed by atoms with Crippen LogP contribution in [0.25, 0.3) is 5.57 Å². The van der Waals surface area contributed by atoms with Gasteiger partial charge in [-0.05, 0) is 61.3 Å². The van der Waals surface area contributed by atoms with Crippen molar-refractivity contribution in [2.45, 2.75) is 119 Å². The monoisotopic (exact) mass is 496 g/mol. The number of hydrogen-bond donors (Lipinski definition) is 1. The van der Waals surface area contributed by atoms with Crippen molar-refractivity contribution in [3.8, 4) is 0 Å². The van der Waals surface area contributed by atoms with Crippen LogP contribution in [0.15, 0.2) is 43.0 Å². The van der Waals surface area contributed by atoms with E-state index in [0.717, 1.165) is 12.3 Å². The van der Waals surface area contributed by atoms with Crippen LogP contribution < -0.4 is 0 Å². The van der Waals surface area contributed by atoms with Gasteiger partial charge in [-0.15, -0.1) is 18.3 Å². The van der Waals surface area contributed by atoms with Gasteiger partial charge in [0.05, 0.1) is 4.75 Å². The molecule has 1 aliphatic rings. The summed E-state index contributed by atoms with van der Waals surface area (Å²) < 4.78 is 0.190. The molecule has 1 unspecified atom stereocenters. The molecule has 33 heavy (non-hydrogen) atoms. The van der Waals surface area contributed by atoms with Crippen molar-refractivity contribution in [2.75, 3.05) is 12.5 Å². The maximum atomic E-state index is 3.53. The summed E-state index contributed by atoms with van der Waals surface area (Å²) in [6.45, 7) is 24.7. The number of thioether (sulfide) groups is 1. The van der Waals surface area contributed by atoms with Gasteiger partial charge in [-0.1, -0.05) is 124 Å². The topological polar surface area (TPSA) is 0 Å². The molecule has 0 radical (unpaired) electrons. The van der Waals surface area contributed by atoms with Crippen LogP contribution in [0.4, 0.5) is 0 Å². The van der Waals surface area contributed by atoms with Gasteiger partial charge in [0.25, 0.3) is 0 Å².